The van der Waals surface area contributed by atoms with E-state index >= 15 is 0 Å². The molecule has 0 saturated heterocycles. The molecule has 0 saturated carbocycles. The van der Waals surface area contributed by atoms with Gasteiger partial charge in [0.15, 0.2) is 0 Å². The number of aromatic nitrogens is 7. The highest BCUT2D eigenvalue weighted by molar-refractivity contribution is 5.77. The van der Waals surface area contributed by atoms with Crippen LogP contribution in [0.1, 0.15) is 49.1 Å². The highest BCUT2D eigenvalue weighted by atomic mass is 16.1. The molecule has 0 aliphatic heterocycles. The summed E-state index contributed by atoms with van der Waals surface area (Å²) in [7, 11) is 0. The van der Waals surface area contributed by atoms with Crippen LogP contribution in [0.25, 0.3) is 28.3 Å². The van der Waals surface area contributed by atoms with Crippen LogP contribution in [0.15, 0.2) is 71.8 Å². The first-order chi connectivity index (χ1) is 18.1. The van der Waals surface area contributed by atoms with Crippen LogP contribution in [0.2, 0.25) is 0 Å². The molecule has 5 rings (SSSR count). The van der Waals surface area contributed by atoms with Crippen LogP contribution in [0.5, 0.6) is 0 Å². The number of rotatable bonds is 9. The zero-order valence-corrected chi connectivity index (χ0v) is 21.5. The number of benzene rings is 2. The molecule has 3 aromatic heterocycles. The number of para-hydroxylation sites is 1. The van der Waals surface area contributed by atoms with Gasteiger partial charge in [0.05, 0.1) is 12.2 Å². The number of hydrogen-bond acceptors (Lipinski definition) is 5. The minimum Gasteiger partial charge on any atom is -0.292 e. The van der Waals surface area contributed by atoms with E-state index in [-0.39, 0.29) is 5.69 Å². The van der Waals surface area contributed by atoms with Crippen LogP contribution in [0.4, 0.5) is 0 Å². The lowest BCUT2D eigenvalue weighted by molar-refractivity contribution is 0.690. The molecule has 0 bridgehead atoms. The van der Waals surface area contributed by atoms with Gasteiger partial charge in [-0.2, -0.15) is 5.21 Å². The van der Waals surface area contributed by atoms with E-state index in [0.717, 1.165) is 59.3 Å². The van der Waals surface area contributed by atoms with E-state index in [0.29, 0.717) is 18.1 Å². The predicted molar refractivity (Wildman–Crippen MR) is 145 cm³/mol. The van der Waals surface area contributed by atoms with Crippen molar-refractivity contribution in [3.63, 3.8) is 0 Å². The average molecular weight is 494 g/mol. The predicted octanol–water partition coefficient (Wildman–Crippen LogP) is 5.14. The van der Waals surface area contributed by atoms with Gasteiger partial charge in [0.1, 0.15) is 5.69 Å². The van der Waals surface area contributed by atoms with E-state index in [1.54, 1.807) is 6.20 Å². The second-order valence-electron chi connectivity index (χ2n) is 9.27. The minimum absolute atomic E-state index is 0.00540. The molecule has 2 aromatic carbocycles. The number of nitrogens with one attached hydrogen (secondary N) is 1. The third-order valence-electron chi connectivity index (χ3n) is 6.62. The molecular weight excluding hydrogens is 462 g/mol. The van der Waals surface area contributed by atoms with Crippen molar-refractivity contribution in [3.8, 4) is 28.3 Å². The maximum atomic E-state index is 13.7. The molecule has 0 aliphatic rings. The standard InChI is InChI=1S/C29H31N7O/c1-4-8-23-11-6-10-20(3)27(23)36-19-24(9-5-2)35(29(36)37)18-21-13-15-22(16-14-21)25-12-7-17-30-26(25)28-31-33-34-32-28/h6-7,10-17,19H,4-5,8-9,18H2,1-3H3,(H,31,32,33,34). The van der Waals surface area contributed by atoms with Gasteiger partial charge in [0.2, 0.25) is 5.82 Å². The molecule has 5 aromatic rings. The van der Waals surface area contributed by atoms with Crippen molar-refractivity contribution in [1.29, 1.82) is 0 Å². The zero-order chi connectivity index (χ0) is 25.8. The van der Waals surface area contributed by atoms with Crippen molar-refractivity contribution in [3.05, 3.63) is 99.9 Å². The lowest BCUT2D eigenvalue weighted by Crippen LogP contribution is -2.25. The van der Waals surface area contributed by atoms with Gasteiger partial charge in [0, 0.05) is 23.7 Å². The zero-order valence-electron chi connectivity index (χ0n) is 21.5. The maximum Gasteiger partial charge on any atom is 0.333 e. The number of aromatic amines is 1. The van der Waals surface area contributed by atoms with E-state index in [1.165, 1.54) is 5.56 Å². The average Bonchev–Trinajstić information content (AvgIpc) is 3.55. The summed E-state index contributed by atoms with van der Waals surface area (Å²) in [5.74, 6) is 0.454. The Morgan fingerprint density at radius 2 is 1.76 bits per heavy atom. The largest absolute Gasteiger partial charge is 0.333 e. The summed E-state index contributed by atoms with van der Waals surface area (Å²) < 4.78 is 3.77. The van der Waals surface area contributed by atoms with Gasteiger partial charge in [-0.05, 0) is 53.3 Å². The van der Waals surface area contributed by atoms with Gasteiger partial charge in [-0.25, -0.2) is 4.79 Å². The number of tetrazole rings is 1. The van der Waals surface area contributed by atoms with Gasteiger partial charge in [-0.1, -0.05) is 75.2 Å². The van der Waals surface area contributed by atoms with Gasteiger partial charge in [-0.3, -0.25) is 14.1 Å². The van der Waals surface area contributed by atoms with E-state index in [9.17, 15) is 4.79 Å². The van der Waals surface area contributed by atoms with Gasteiger partial charge in [-0.15, -0.1) is 10.2 Å². The lowest BCUT2D eigenvalue weighted by Gasteiger charge is -2.12. The molecule has 8 heteroatoms. The molecule has 0 unspecified atom stereocenters. The van der Waals surface area contributed by atoms with E-state index in [1.807, 2.05) is 27.5 Å². The molecule has 0 fully saturated rings. The number of nitrogens with zero attached hydrogens (tertiary/aromatic N) is 6. The molecule has 0 spiro atoms. The summed E-state index contributed by atoms with van der Waals surface area (Å²) >= 11 is 0. The highest BCUT2D eigenvalue weighted by Crippen LogP contribution is 2.28. The maximum absolute atomic E-state index is 13.7. The monoisotopic (exact) mass is 493 g/mol. The van der Waals surface area contributed by atoms with Crippen LogP contribution >= 0.6 is 0 Å². The second-order valence-corrected chi connectivity index (χ2v) is 9.27. The Hall–Kier alpha value is -4.33. The van der Waals surface area contributed by atoms with E-state index in [2.05, 4.69) is 88.8 Å². The lowest BCUT2D eigenvalue weighted by atomic mass is 10.0. The molecule has 0 radical (unpaired) electrons. The molecule has 3 heterocycles. The molecule has 1 N–H and O–H groups in total. The second kappa shape index (κ2) is 10.7. The van der Waals surface area contributed by atoms with Crippen LogP contribution < -0.4 is 5.69 Å². The van der Waals surface area contributed by atoms with Gasteiger partial charge >= 0.3 is 5.69 Å². The van der Waals surface area contributed by atoms with E-state index < -0.39 is 0 Å². The van der Waals surface area contributed by atoms with Crippen LogP contribution in [-0.4, -0.2) is 34.7 Å². The minimum atomic E-state index is 0.00540. The number of hydrogen-bond donors (Lipinski definition) is 1. The number of pyridine rings is 1. The topological polar surface area (TPSA) is 94.3 Å². The summed E-state index contributed by atoms with van der Waals surface area (Å²) in [5, 5.41) is 14.3. The molecule has 37 heavy (non-hydrogen) atoms. The molecule has 0 amide bonds. The van der Waals surface area contributed by atoms with Crippen molar-refractivity contribution in [2.45, 2.75) is 53.0 Å². The van der Waals surface area contributed by atoms with Crippen LogP contribution in [0, 0.1) is 6.92 Å². The number of H-pyrrole nitrogens is 1. The summed E-state index contributed by atoms with van der Waals surface area (Å²) in [6.45, 7) is 6.91. The summed E-state index contributed by atoms with van der Waals surface area (Å²) in [4.78, 5) is 18.2. The Morgan fingerprint density at radius 3 is 2.49 bits per heavy atom. The first-order valence-electron chi connectivity index (χ1n) is 12.8. The molecule has 0 aliphatic carbocycles. The van der Waals surface area contributed by atoms with Crippen molar-refractivity contribution < 1.29 is 0 Å². The Balaban J connectivity index is 1.49. The third-order valence-corrected chi connectivity index (χ3v) is 6.62. The van der Waals surface area contributed by atoms with Gasteiger partial charge in [0.25, 0.3) is 0 Å². The van der Waals surface area contributed by atoms with Gasteiger partial charge < -0.3 is 0 Å². The SMILES string of the molecule is CCCc1cccc(C)c1-n1cc(CCC)n(Cc2ccc(-c3cccnc3-c3nn[nH]n3)cc2)c1=O. The van der Waals surface area contributed by atoms with E-state index in [4.69, 9.17) is 0 Å². The highest BCUT2D eigenvalue weighted by Gasteiger charge is 2.17. The smallest absolute Gasteiger partial charge is 0.292 e. The Labute approximate surface area is 216 Å². The van der Waals surface area contributed by atoms with Crippen molar-refractivity contribution in [1.82, 2.24) is 34.7 Å². The summed E-state index contributed by atoms with van der Waals surface area (Å²) in [6.07, 6.45) is 7.55. The quantitative estimate of drug-likeness (QED) is 0.307. The summed E-state index contributed by atoms with van der Waals surface area (Å²) in [6, 6.07) is 18.4. The number of imidazole rings is 1. The van der Waals surface area contributed by atoms with Crippen molar-refractivity contribution in [2.75, 3.05) is 0 Å². The molecule has 8 nitrogen and oxygen atoms in total. The molecule has 0 atom stereocenters. The molecular formula is C29H31N7O. The fourth-order valence-corrected chi connectivity index (χ4v) is 4.90. The normalized spacial score (nSPS) is 11.2. The van der Waals surface area contributed by atoms with Crippen molar-refractivity contribution in [2.24, 2.45) is 0 Å². The fourth-order valence-electron chi connectivity index (χ4n) is 4.90. The van der Waals surface area contributed by atoms with Crippen molar-refractivity contribution >= 4 is 0 Å². The van der Waals surface area contributed by atoms with Crippen LogP contribution in [-0.2, 0) is 19.4 Å². The Morgan fingerprint density at radius 1 is 0.946 bits per heavy atom. The Kier molecular flexibility index (Phi) is 7.07. The van der Waals surface area contributed by atoms with Crippen LogP contribution in [0.3, 0.4) is 0 Å². The number of aryl methyl sites for hydroxylation is 3. The first kappa shape index (κ1) is 24.4. The Bertz CT molecular complexity index is 1550. The molecule has 188 valence electrons. The third kappa shape index (κ3) is 4.87. The fraction of sp³-hybridized carbons (Fsp3) is 0.276. The summed E-state index contributed by atoms with van der Waals surface area (Å²) in [5.41, 5.74) is 8.06. The first-order valence-corrected chi connectivity index (χ1v) is 12.8.